The van der Waals surface area contributed by atoms with Gasteiger partial charge in [-0.1, -0.05) is 24.3 Å². The second kappa shape index (κ2) is 8.15. The molecule has 2 aromatic carbocycles. The van der Waals surface area contributed by atoms with E-state index in [4.69, 9.17) is 9.47 Å². The molecule has 0 amide bonds. The zero-order chi connectivity index (χ0) is 21.2. The van der Waals surface area contributed by atoms with E-state index in [1.54, 1.807) is 6.92 Å². The van der Waals surface area contributed by atoms with Gasteiger partial charge in [0, 0.05) is 29.5 Å². The summed E-state index contributed by atoms with van der Waals surface area (Å²) in [7, 11) is 0. The predicted molar refractivity (Wildman–Crippen MR) is 103 cm³/mol. The van der Waals surface area contributed by atoms with Crippen LogP contribution in [0.25, 0.3) is 0 Å². The normalized spacial score (nSPS) is 16.9. The lowest BCUT2D eigenvalue weighted by Gasteiger charge is -2.43. The van der Waals surface area contributed by atoms with Crippen molar-refractivity contribution in [2.45, 2.75) is 32.8 Å². The van der Waals surface area contributed by atoms with Crippen LogP contribution in [0.3, 0.4) is 0 Å². The highest BCUT2D eigenvalue weighted by Crippen LogP contribution is 2.48. The quantitative estimate of drug-likeness (QED) is 0.685. The maximum Gasteiger partial charge on any atom is 0.303 e. The molecule has 3 rings (SSSR count). The molecule has 29 heavy (non-hydrogen) atoms. The number of allylic oxidation sites excluding steroid dienone is 1. The number of ether oxygens (including phenoxy) is 2. The molecule has 0 saturated heterocycles. The molecule has 0 aromatic heterocycles. The van der Waals surface area contributed by atoms with Crippen molar-refractivity contribution < 1.29 is 27.8 Å². The summed E-state index contributed by atoms with van der Waals surface area (Å²) in [6.45, 7) is 4.70. The van der Waals surface area contributed by atoms with Crippen LogP contribution in [0.15, 0.2) is 59.9 Å². The Hall–Kier alpha value is -3.02. The van der Waals surface area contributed by atoms with E-state index in [1.807, 2.05) is 0 Å². The number of hydrogen-bond acceptors (Lipinski definition) is 4. The van der Waals surface area contributed by atoms with Gasteiger partial charge in [-0.3, -0.25) is 9.59 Å². The highest BCUT2D eigenvalue weighted by molar-refractivity contribution is 5.95. The maximum atomic E-state index is 13.7. The summed E-state index contributed by atoms with van der Waals surface area (Å²) in [6.07, 6.45) is 0.383. The fraction of sp³-hybridized carbons (Fsp3) is 0.304. The summed E-state index contributed by atoms with van der Waals surface area (Å²) < 4.78 is 38.8. The third-order valence-electron chi connectivity index (χ3n) is 5.17. The first kappa shape index (κ1) is 20.7. The summed E-state index contributed by atoms with van der Waals surface area (Å²) in [5.74, 6) is -1.83. The van der Waals surface area contributed by atoms with Crippen molar-refractivity contribution in [3.05, 3.63) is 82.6 Å². The maximum absolute atomic E-state index is 13.7. The monoisotopic (exact) mass is 400 g/mol. The number of carbonyl (C=O) groups is 2. The molecule has 1 unspecified atom stereocenters. The summed E-state index contributed by atoms with van der Waals surface area (Å²) in [5, 5.41) is 0. The van der Waals surface area contributed by atoms with Gasteiger partial charge in [-0.2, -0.15) is 0 Å². The lowest BCUT2D eigenvalue weighted by molar-refractivity contribution is -0.160. The first-order chi connectivity index (χ1) is 13.8. The van der Waals surface area contributed by atoms with Gasteiger partial charge in [-0.15, -0.1) is 0 Å². The van der Waals surface area contributed by atoms with Crippen LogP contribution in [0.2, 0.25) is 0 Å². The van der Waals surface area contributed by atoms with E-state index in [0.717, 1.165) is 0 Å². The van der Waals surface area contributed by atoms with Crippen LogP contribution in [0.5, 0.6) is 0 Å². The van der Waals surface area contributed by atoms with Gasteiger partial charge >= 0.3 is 5.97 Å². The van der Waals surface area contributed by atoms with Crippen LogP contribution in [-0.4, -0.2) is 18.4 Å². The van der Waals surface area contributed by atoms with Crippen molar-refractivity contribution in [2.24, 2.45) is 5.92 Å². The molecular formula is C23H22F2O4. The Bertz CT molecular complexity index is 900. The zero-order valence-corrected chi connectivity index (χ0v) is 16.5. The molecule has 0 bridgehead atoms. The molecule has 1 aliphatic heterocycles. The Kier molecular flexibility index (Phi) is 5.82. The van der Waals surface area contributed by atoms with Crippen molar-refractivity contribution in [1.29, 1.82) is 0 Å². The van der Waals surface area contributed by atoms with E-state index in [9.17, 15) is 18.4 Å². The molecule has 6 heteroatoms. The highest BCUT2D eigenvalue weighted by atomic mass is 19.1. The van der Waals surface area contributed by atoms with E-state index in [0.29, 0.717) is 35.5 Å². The number of ketones is 1. The van der Waals surface area contributed by atoms with Crippen LogP contribution in [0, 0.1) is 17.6 Å². The largest absolute Gasteiger partial charge is 0.498 e. The highest BCUT2D eigenvalue weighted by Gasteiger charge is 2.49. The SMILES string of the molecule is CC(=O)OC(c1ccc(F)cc1)(c1ccc(F)cc1)C1CCOC(C)=C1C(C)=O. The van der Waals surface area contributed by atoms with E-state index in [2.05, 4.69) is 0 Å². The Labute approximate surface area is 168 Å². The molecule has 0 aliphatic carbocycles. The van der Waals surface area contributed by atoms with Gasteiger partial charge in [0.05, 0.1) is 6.61 Å². The lowest BCUT2D eigenvalue weighted by atomic mass is 9.69. The minimum Gasteiger partial charge on any atom is -0.498 e. The van der Waals surface area contributed by atoms with Gasteiger partial charge in [0.15, 0.2) is 11.4 Å². The third-order valence-corrected chi connectivity index (χ3v) is 5.17. The first-order valence-electron chi connectivity index (χ1n) is 9.32. The number of rotatable bonds is 5. The second-order valence-electron chi connectivity index (χ2n) is 7.06. The topological polar surface area (TPSA) is 52.6 Å². The average molecular weight is 400 g/mol. The number of esters is 1. The molecule has 4 nitrogen and oxygen atoms in total. The van der Waals surface area contributed by atoms with Crippen LogP contribution in [0.4, 0.5) is 8.78 Å². The Morgan fingerprint density at radius 3 is 1.86 bits per heavy atom. The van der Waals surface area contributed by atoms with E-state index in [-0.39, 0.29) is 5.78 Å². The Morgan fingerprint density at radius 1 is 0.966 bits per heavy atom. The lowest BCUT2D eigenvalue weighted by Crippen LogP contribution is -2.45. The minimum absolute atomic E-state index is 0.215. The van der Waals surface area contributed by atoms with Gasteiger partial charge < -0.3 is 9.47 Å². The summed E-state index contributed by atoms with van der Waals surface area (Å²) >= 11 is 0. The summed E-state index contributed by atoms with van der Waals surface area (Å²) in [5.41, 5.74) is -0.0799. The average Bonchev–Trinajstić information content (AvgIpc) is 2.67. The molecule has 0 spiro atoms. The first-order valence-corrected chi connectivity index (χ1v) is 9.32. The van der Waals surface area contributed by atoms with Crippen LogP contribution in [-0.2, 0) is 24.7 Å². The predicted octanol–water partition coefficient (Wildman–Crippen LogP) is 4.67. The second-order valence-corrected chi connectivity index (χ2v) is 7.06. The van der Waals surface area contributed by atoms with E-state index in [1.165, 1.54) is 62.4 Å². The fourth-order valence-corrected chi connectivity index (χ4v) is 4.08. The minimum atomic E-state index is -1.45. The zero-order valence-electron chi connectivity index (χ0n) is 16.5. The van der Waals surface area contributed by atoms with E-state index >= 15 is 0 Å². The molecule has 1 aliphatic rings. The molecule has 1 heterocycles. The van der Waals surface area contributed by atoms with Crippen molar-refractivity contribution >= 4 is 11.8 Å². The number of Topliss-reactive ketones (excluding diaryl/α,β-unsaturated/α-hetero) is 1. The van der Waals surface area contributed by atoms with Gasteiger partial charge in [0.1, 0.15) is 17.4 Å². The molecule has 0 radical (unpaired) electrons. The van der Waals surface area contributed by atoms with Crippen LogP contribution in [0.1, 0.15) is 38.3 Å². The third kappa shape index (κ3) is 3.92. The van der Waals surface area contributed by atoms with Crippen molar-refractivity contribution in [3.63, 3.8) is 0 Å². The molecule has 2 aromatic rings. The summed E-state index contributed by atoms with van der Waals surface area (Å²) in [4.78, 5) is 24.8. The van der Waals surface area contributed by atoms with Crippen LogP contribution >= 0.6 is 0 Å². The molecule has 0 N–H and O–H groups in total. The van der Waals surface area contributed by atoms with Gasteiger partial charge in [-0.05, 0) is 44.5 Å². The van der Waals surface area contributed by atoms with E-state index < -0.39 is 29.1 Å². The van der Waals surface area contributed by atoms with Crippen LogP contribution < -0.4 is 0 Å². The van der Waals surface area contributed by atoms with Gasteiger partial charge in [-0.25, -0.2) is 8.78 Å². The fourth-order valence-electron chi connectivity index (χ4n) is 4.08. The number of hydrogen-bond donors (Lipinski definition) is 0. The molecule has 152 valence electrons. The molecular weight excluding hydrogens is 378 g/mol. The summed E-state index contributed by atoms with van der Waals surface area (Å²) in [6, 6.07) is 11.1. The van der Waals surface area contributed by atoms with Crippen molar-refractivity contribution in [3.8, 4) is 0 Å². The van der Waals surface area contributed by atoms with Crippen molar-refractivity contribution in [2.75, 3.05) is 6.61 Å². The number of halogens is 2. The molecule has 0 fully saturated rings. The van der Waals surface area contributed by atoms with Gasteiger partial charge in [0.25, 0.3) is 0 Å². The number of carbonyl (C=O) groups excluding carboxylic acids is 2. The molecule has 0 saturated carbocycles. The number of benzene rings is 2. The molecule has 1 atom stereocenters. The van der Waals surface area contributed by atoms with Crippen molar-refractivity contribution in [1.82, 2.24) is 0 Å². The van der Waals surface area contributed by atoms with Gasteiger partial charge in [0.2, 0.25) is 0 Å². The smallest absolute Gasteiger partial charge is 0.303 e. The Balaban J connectivity index is 2.36. The standard InChI is InChI=1S/C23H22F2O4/c1-14(26)22-15(2)28-13-12-21(22)23(29-16(3)27,17-4-8-19(24)9-5-17)18-6-10-20(25)11-7-18/h4-11,21H,12-13H2,1-3H3. The Morgan fingerprint density at radius 2 is 1.45 bits per heavy atom.